The Morgan fingerprint density at radius 3 is 2.51 bits per heavy atom. The maximum atomic E-state index is 12.4. The van der Waals surface area contributed by atoms with Crippen molar-refractivity contribution in [2.45, 2.75) is 19.3 Å². The topological polar surface area (TPSA) is 146 Å². The van der Waals surface area contributed by atoms with Crippen LogP contribution >= 0.6 is 23.2 Å². The lowest BCUT2D eigenvalue weighted by molar-refractivity contribution is 0.0925. The molecule has 0 unspecified atom stereocenters. The van der Waals surface area contributed by atoms with Gasteiger partial charge in [-0.25, -0.2) is 4.79 Å². The molecule has 1 amide bonds. The molecular formula is C23H16Cl2N6O4. The molecule has 0 bridgehead atoms. The van der Waals surface area contributed by atoms with Crippen LogP contribution in [0.2, 0.25) is 10.0 Å². The molecule has 0 radical (unpaired) electrons. The van der Waals surface area contributed by atoms with Crippen molar-refractivity contribution >= 4 is 40.0 Å². The predicted octanol–water partition coefficient (Wildman–Crippen LogP) is 3.39. The number of ether oxygens (including phenoxy) is 1. The zero-order valence-electron chi connectivity index (χ0n) is 18.3. The van der Waals surface area contributed by atoms with Crippen molar-refractivity contribution < 1.29 is 9.53 Å². The fourth-order valence-electron chi connectivity index (χ4n) is 4.12. The van der Waals surface area contributed by atoms with Crippen molar-refractivity contribution in [3.8, 4) is 23.3 Å². The van der Waals surface area contributed by atoms with Gasteiger partial charge in [-0.05, 0) is 35.9 Å². The van der Waals surface area contributed by atoms with Gasteiger partial charge < -0.3 is 15.0 Å². The molecule has 35 heavy (non-hydrogen) atoms. The number of hydrogen-bond donors (Lipinski definition) is 3. The van der Waals surface area contributed by atoms with Crippen LogP contribution in [0.25, 0.3) is 16.6 Å². The largest absolute Gasteiger partial charge is 0.454 e. The molecular weight excluding hydrogens is 495 g/mol. The summed E-state index contributed by atoms with van der Waals surface area (Å²) in [5, 5.41) is 16.7. The van der Waals surface area contributed by atoms with E-state index in [0.717, 1.165) is 21.1 Å². The van der Waals surface area contributed by atoms with E-state index in [1.54, 1.807) is 24.3 Å². The van der Waals surface area contributed by atoms with Gasteiger partial charge in [0.2, 0.25) is 5.69 Å². The van der Waals surface area contributed by atoms with Gasteiger partial charge in [0, 0.05) is 22.9 Å². The van der Waals surface area contributed by atoms with Crippen LogP contribution in [0.5, 0.6) is 11.5 Å². The number of hydrogen-bond acceptors (Lipinski definition) is 6. The number of nitrogens with zero attached hydrogens (tertiary/aromatic N) is 3. The fourth-order valence-corrected chi connectivity index (χ4v) is 4.67. The van der Waals surface area contributed by atoms with Gasteiger partial charge in [0.05, 0.1) is 15.7 Å². The quantitative estimate of drug-likeness (QED) is 0.385. The average molecular weight is 511 g/mol. The maximum absolute atomic E-state index is 12.4. The monoisotopic (exact) mass is 510 g/mol. The zero-order valence-corrected chi connectivity index (χ0v) is 19.8. The molecule has 0 fully saturated rings. The Labute approximate surface area is 207 Å². The Morgan fingerprint density at radius 1 is 1.11 bits per heavy atom. The molecule has 1 aliphatic rings. The van der Waals surface area contributed by atoms with Crippen LogP contribution in [0.4, 0.5) is 0 Å². The first-order chi connectivity index (χ1) is 16.6. The van der Waals surface area contributed by atoms with E-state index < -0.39 is 16.9 Å². The summed E-state index contributed by atoms with van der Waals surface area (Å²) >= 11 is 12.8. The number of benzene rings is 2. The molecule has 10 nitrogen and oxygen atoms in total. The smallest absolute Gasteiger partial charge is 0.349 e. The molecule has 4 aromatic rings. The number of carbonyl (C=O) groups is 1. The number of aromatic amines is 2. The highest BCUT2D eigenvalue weighted by molar-refractivity contribution is 6.37. The second kappa shape index (κ2) is 8.01. The first-order valence-electron chi connectivity index (χ1n) is 10.3. The van der Waals surface area contributed by atoms with Gasteiger partial charge >= 0.3 is 5.69 Å². The highest BCUT2D eigenvalue weighted by atomic mass is 35.5. The minimum absolute atomic E-state index is 0.0711. The molecule has 3 N–H and O–H groups in total. The molecule has 0 atom stereocenters. The predicted molar refractivity (Wildman–Crippen MR) is 129 cm³/mol. The Balaban J connectivity index is 1.56. The van der Waals surface area contributed by atoms with E-state index >= 15 is 0 Å². The molecule has 5 rings (SSSR count). The second-order valence-electron chi connectivity index (χ2n) is 8.62. The third-order valence-electron chi connectivity index (χ3n) is 5.75. The molecule has 176 valence electrons. The van der Waals surface area contributed by atoms with Gasteiger partial charge in [-0.15, -0.1) is 5.10 Å². The SMILES string of the molecule is CC1(C)CNC(=O)c2[nH]c3ccc(Oc4c(Cl)cc(-n5nc(C#N)c(=O)[nH]c5=O)cc4Cl)cc3c21. The first-order valence-corrected chi connectivity index (χ1v) is 11.1. The van der Waals surface area contributed by atoms with Crippen LogP contribution in [0.15, 0.2) is 39.9 Å². The summed E-state index contributed by atoms with van der Waals surface area (Å²) in [6.07, 6.45) is 0. The highest BCUT2D eigenvalue weighted by Crippen LogP contribution is 2.41. The third kappa shape index (κ3) is 3.75. The van der Waals surface area contributed by atoms with Crippen molar-refractivity contribution in [3.05, 3.63) is 78.2 Å². The summed E-state index contributed by atoms with van der Waals surface area (Å²) < 4.78 is 6.80. The summed E-state index contributed by atoms with van der Waals surface area (Å²) in [6.45, 7) is 4.59. The van der Waals surface area contributed by atoms with E-state index in [9.17, 15) is 14.4 Å². The van der Waals surface area contributed by atoms with Crippen molar-refractivity contribution in [2.75, 3.05) is 6.54 Å². The molecule has 2 aromatic carbocycles. The van der Waals surface area contributed by atoms with Gasteiger partial charge in [0.15, 0.2) is 5.75 Å². The highest BCUT2D eigenvalue weighted by Gasteiger charge is 2.35. The van der Waals surface area contributed by atoms with E-state index in [4.69, 9.17) is 33.2 Å². The first kappa shape index (κ1) is 22.7. The van der Waals surface area contributed by atoms with Gasteiger partial charge in [-0.1, -0.05) is 37.0 Å². The average Bonchev–Trinajstić information content (AvgIpc) is 3.20. The van der Waals surface area contributed by atoms with Gasteiger partial charge in [0.1, 0.15) is 17.5 Å². The number of nitriles is 1. The number of aromatic nitrogens is 4. The number of carbonyl (C=O) groups excluding carboxylic acids is 1. The molecule has 3 heterocycles. The Morgan fingerprint density at radius 2 is 1.83 bits per heavy atom. The van der Waals surface area contributed by atoms with Crippen LogP contribution in [-0.4, -0.2) is 32.2 Å². The summed E-state index contributed by atoms with van der Waals surface area (Å²) in [4.78, 5) is 41.4. The van der Waals surface area contributed by atoms with E-state index in [2.05, 4.69) is 15.4 Å². The van der Waals surface area contributed by atoms with Crippen LogP contribution < -0.4 is 21.3 Å². The van der Waals surface area contributed by atoms with E-state index in [1.807, 2.05) is 18.8 Å². The van der Waals surface area contributed by atoms with E-state index in [-0.39, 0.29) is 32.8 Å². The van der Waals surface area contributed by atoms with Gasteiger partial charge in [-0.2, -0.15) is 9.94 Å². The van der Waals surface area contributed by atoms with Gasteiger partial charge in [-0.3, -0.25) is 14.6 Å². The Kier molecular flexibility index (Phi) is 5.20. The molecule has 12 heteroatoms. The Hall–Kier alpha value is -4.07. The summed E-state index contributed by atoms with van der Waals surface area (Å²) in [5.74, 6) is 0.407. The zero-order chi connectivity index (χ0) is 25.1. The number of fused-ring (bicyclic) bond motifs is 3. The number of amides is 1. The normalized spacial score (nSPS) is 14.3. The van der Waals surface area contributed by atoms with Crippen molar-refractivity contribution in [1.29, 1.82) is 5.26 Å². The van der Waals surface area contributed by atoms with E-state index in [1.165, 1.54) is 12.1 Å². The lowest BCUT2D eigenvalue weighted by atomic mass is 9.80. The lowest BCUT2D eigenvalue weighted by Crippen LogP contribution is -2.43. The summed E-state index contributed by atoms with van der Waals surface area (Å²) in [5.41, 5.74) is -0.203. The second-order valence-corrected chi connectivity index (χ2v) is 9.44. The lowest BCUT2D eigenvalue weighted by Gasteiger charge is -2.30. The molecule has 0 spiro atoms. The summed E-state index contributed by atoms with van der Waals surface area (Å²) in [7, 11) is 0. The number of rotatable bonds is 3. The van der Waals surface area contributed by atoms with Crippen molar-refractivity contribution in [1.82, 2.24) is 25.1 Å². The molecule has 0 saturated heterocycles. The molecule has 0 aliphatic carbocycles. The van der Waals surface area contributed by atoms with E-state index in [0.29, 0.717) is 18.0 Å². The number of halogens is 2. The van der Waals surface area contributed by atoms with Crippen molar-refractivity contribution in [2.24, 2.45) is 0 Å². The molecule has 0 saturated carbocycles. The number of H-pyrrole nitrogens is 2. The van der Waals surface area contributed by atoms with Crippen LogP contribution in [0.3, 0.4) is 0 Å². The van der Waals surface area contributed by atoms with Crippen LogP contribution in [-0.2, 0) is 5.41 Å². The molecule has 1 aliphatic heterocycles. The minimum atomic E-state index is -0.895. The number of nitrogens with one attached hydrogen (secondary N) is 3. The minimum Gasteiger partial charge on any atom is -0.454 e. The van der Waals surface area contributed by atoms with Crippen molar-refractivity contribution in [3.63, 3.8) is 0 Å². The van der Waals surface area contributed by atoms with Crippen LogP contribution in [0.1, 0.15) is 35.6 Å². The molecule has 2 aromatic heterocycles. The maximum Gasteiger partial charge on any atom is 0.349 e. The Bertz CT molecular complexity index is 1690. The van der Waals surface area contributed by atoms with Crippen LogP contribution in [0, 0.1) is 11.3 Å². The summed E-state index contributed by atoms with van der Waals surface area (Å²) in [6, 6.07) is 9.68. The fraction of sp³-hybridized carbons (Fsp3) is 0.174. The van der Waals surface area contributed by atoms with Gasteiger partial charge in [0.25, 0.3) is 11.5 Å². The standard InChI is InChI=1S/C23H16Cl2N6O4/c1-23(2)9-27-21(33)18-17(23)12-7-11(3-4-15(12)28-18)35-19-13(24)5-10(6-14(19)25)31-22(34)29-20(32)16(8-26)30-31/h3-7,28H,9H2,1-2H3,(H,27,33)(H,29,32,34). The third-order valence-corrected chi connectivity index (χ3v) is 6.31.